The average Bonchev–Trinajstić information content (AvgIpc) is 2.68. The molecule has 0 aromatic heterocycles. The molecule has 2 aromatic rings. The van der Waals surface area contributed by atoms with Gasteiger partial charge in [0.1, 0.15) is 5.75 Å². The zero-order valence-corrected chi connectivity index (χ0v) is 16.1. The summed E-state index contributed by atoms with van der Waals surface area (Å²) in [4.78, 5) is 38.0. The predicted octanol–water partition coefficient (Wildman–Crippen LogP) is 2.95. The first-order valence-corrected chi connectivity index (χ1v) is 9.37. The van der Waals surface area contributed by atoms with Gasteiger partial charge in [-0.05, 0) is 50.1 Å². The van der Waals surface area contributed by atoms with Crippen LogP contribution in [0.1, 0.15) is 46.0 Å². The van der Waals surface area contributed by atoms with E-state index in [2.05, 4.69) is 5.32 Å². The highest BCUT2D eigenvalue weighted by molar-refractivity contribution is 5.95. The second kappa shape index (κ2) is 8.69. The third-order valence-electron chi connectivity index (χ3n) is 4.74. The molecule has 0 aliphatic carbocycles. The fraction of sp³-hybridized carbons (Fsp3) is 0.318. The largest absolute Gasteiger partial charge is 0.427 e. The molecule has 0 spiro atoms. The minimum Gasteiger partial charge on any atom is -0.427 e. The van der Waals surface area contributed by atoms with E-state index in [1.807, 2.05) is 36.1 Å². The van der Waals surface area contributed by atoms with Crippen molar-refractivity contribution in [3.05, 3.63) is 65.2 Å². The Bertz CT molecular complexity index is 886. The molecule has 146 valence electrons. The Kier molecular flexibility index (Phi) is 6.09. The van der Waals surface area contributed by atoms with Crippen molar-refractivity contribution in [2.24, 2.45) is 0 Å². The number of carbonyl (C=O) groups is 3. The van der Waals surface area contributed by atoms with E-state index >= 15 is 0 Å². The van der Waals surface area contributed by atoms with E-state index in [0.717, 1.165) is 5.56 Å². The van der Waals surface area contributed by atoms with Gasteiger partial charge in [0.25, 0.3) is 11.8 Å². The molecule has 0 unspecified atom stereocenters. The van der Waals surface area contributed by atoms with Crippen LogP contribution in [0.15, 0.2) is 48.5 Å². The highest BCUT2D eigenvalue weighted by Gasteiger charge is 2.25. The molecule has 0 radical (unpaired) electrons. The minimum atomic E-state index is -0.428. The third kappa shape index (κ3) is 4.97. The van der Waals surface area contributed by atoms with Crippen LogP contribution in [0, 0.1) is 6.92 Å². The molecular formula is C22H24N2O4. The molecule has 6 heteroatoms. The molecule has 28 heavy (non-hydrogen) atoms. The molecule has 1 heterocycles. The number of aryl methyl sites for hydroxylation is 1. The van der Waals surface area contributed by atoms with Gasteiger partial charge in [-0.1, -0.05) is 23.8 Å². The molecule has 3 rings (SSSR count). The lowest BCUT2D eigenvalue weighted by molar-refractivity contribution is -0.131. The summed E-state index contributed by atoms with van der Waals surface area (Å²) in [6.07, 6.45) is 1.40. The molecule has 6 nitrogen and oxygen atoms in total. The molecular weight excluding hydrogens is 356 g/mol. The average molecular weight is 380 g/mol. The number of ether oxygens (including phenoxy) is 1. The molecule has 1 N–H and O–H groups in total. The first kappa shape index (κ1) is 19.6. The van der Waals surface area contributed by atoms with Crippen LogP contribution in [-0.2, 0) is 4.79 Å². The number of rotatable bonds is 4. The number of hydrogen-bond acceptors (Lipinski definition) is 4. The molecule has 1 fully saturated rings. The summed E-state index contributed by atoms with van der Waals surface area (Å²) in [5, 5.41) is 3.01. The molecule has 1 saturated heterocycles. The molecule has 0 saturated carbocycles. The van der Waals surface area contributed by atoms with Crippen LogP contribution in [0.5, 0.6) is 5.75 Å². The molecule has 1 aliphatic heterocycles. The van der Waals surface area contributed by atoms with Crippen LogP contribution < -0.4 is 10.1 Å². The van der Waals surface area contributed by atoms with Crippen molar-refractivity contribution in [2.75, 3.05) is 13.1 Å². The monoisotopic (exact) mass is 380 g/mol. The summed E-state index contributed by atoms with van der Waals surface area (Å²) in [6.45, 7) is 4.49. The standard InChI is InChI=1S/C22H24N2O4/c1-15-5-3-7-18(13-15)22(27)24-11-9-19(10-12-24)23-21(26)17-6-4-8-20(14-17)28-16(2)25/h3-8,13-14,19H,9-12H2,1-2H3,(H,23,26). The summed E-state index contributed by atoms with van der Waals surface area (Å²) >= 11 is 0. The van der Waals surface area contributed by atoms with E-state index in [0.29, 0.717) is 42.8 Å². The van der Waals surface area contributed by atoms with Crippen molar-refractivity contribution in [1.29, 1.82) is 0 Å². The van der Waals surface area contributed by atoms with Crippen LogP contribution in [0.3, 0.4) is 0 Å². The summed E-state index contributed by atoms with van der Waals surface area (Å²) in [5.41, 5.74) is 2.20. The lowest BCUT2D eigenvalue weighted by Crippen LogP contribution is -2.46. The molecule has 0 bridgehead atoms. The SMILES string of the molecule is CC(=O)Oc1cccc(C(=O)NC2CCN(C(=O)c3cccc(C)c3)CC2)c1. The van der Waals surface area contributed by atoms with Crippen molar-refractivity contribution < 1.29 is 19.1 Å². The Labute approximate surface area is 164 Å². The molecule has 0 atom stereocenters. The Hall–Kier alpha value is -3.15. The van der Waals surface area contributed by atoms with Gasteiger partial charge in [0.05, 0.1) is 0 Å². The predicted molar refractivity (Wildman–Crippen MR) is 105 cm³/mol. The number of likely N-dealkylation sites (tertiary alicyclic amines) is 1. The van der Waals surface area contributed by atoms with Crippen molar-refractivity contribution in [2.45, 2.75) is 32.7 Å². The van der Waals surface area contributed by atoms with E-state index in [1.54, 1.807) is 24.3 Å². The summed E-state index contributed by atoms with van der Waals surface area (Å²) in [7, 11) is 0. The molecule has 2 aromatic carbocycles. The van der Waals surface area contributed by atoms with E-state index in [9.17, 15) is 14.4 Å². The zero-order valence-electron chi connectivity index (χ0n) is 16.1. The number of piperidine rings is 1. The second-order valence-electron chi connectivity index (χ2n) is 7.03. The van der Waals surface area contributed by atoms with Gasteiger partial charge in [0.15, 0.2) is 0 Å². The lowest BCUT2D eigenvalue weighted by atomic mass is 10.0. The normalized spacial score (nSPS) is 14.4. The number of carbonyl (C=O) groups excluding carboxylic acids is 3. The Balaban J connectivity index is 1.55. The smallest absolute Gasteiger partial charge is 0.308 e. The van der Waals surface area contributed by atoms with Gasteiger partial charge in [0, 0.05) is 37.2 Å². The maximum absolute atomic E-state index is 12.6. The van der Waals surface area contributed by atoms with Gasteiger partial charge >= 0.3 is 5.97 Å². The van der Waals surface area contributed by atoms with Crippen molar-refractivity contribution in [1.82, 2.24) is 10.2 Å². The molecule has 2 amide bonds. The number of nitrogens with one attached hydrogen (secondary N) is 1. The number of esters is 1. The van der Waals surface area contributed by atoms with Crippen LogP contribution in [0.2, 0.25) is 0 Å². The maximum Gasteiger partial charge on any atom is 0.308 e. The Morgan fingerprint density at radius 2 is 1.68 bits per heavy atom. The number of hydrogen-bond donors (Lipinski definition) is 1. The lowest BCUT2D eigenvalue weighted by Gasteiger charge is -2.32. The van der Waals surface area contributed by atoms with E-state index < -0.39 is 5.97 Å². The zero-order chi connectivity index (χ0) is 20.1. The fourth-order valence-corrected chi connectivity index (χ4v) is 3.32. The quantitative estimate of drug-likeness (QED) is 0.654. The number of benzene rings is 2. The van der Waals surface area contributed by atoms with Gasteiger partial charge in [-0.2, -0.15) is 0 Å². The Morgan fingerprint density at radius 1 is 1.00 bits per heavy atom. The fourth-order valence-electron chi connectivity index (χ4n) is 3.32. The maximum atomic E-state index is 12.6. The van der Waals surface area contributed by atoms with Crippen molar-refractivity contribution in [3.8, 4) is 5.75 Å². The minimum absolute atomic E-state index is 0.00596. The first-order chi connectivity index (χ1) is 13.4. The van der Waals surface area contributed by atoms with Gasteiger partial charge in [-0.15, -0.1) is 0 Å². The van der Waals surface area contributed by atoms with Crippen LogP contribution in [0.25, 0.3) is 0 Å². The Morgan fingerprint density at radius 3 is 2.36 bits per heavy atom. The van der Waals surface area contributed by atoms with Gasteiger partial charge < -0.3 is 15.0 Å². The highest BCUT2D eigenvalue weighted by atomic mass is 16.5. The first-order valence-electron chi connectivity index (χ1n) is 9.37. The highest BCUT2D eigenvalue weighted by Crippen LogP contribution is 2.17. The van der Waals surface area contributed by atoms with Crippen LogP contribution in [-0.4, -0.2) is 41.8 Å². The van der Waals surface area contributed by atoms with Gasteiger partial charge in [-0.3, -0.25) is 14.4 Å². The number of amides is 2. The van der Waals surface area contributed by atoms with Gasteiger partial charge in [0.2, 0.25) is 0 Å². The topological polar surface area (TPSA) is 75.7 Å². The van der Waals surface area contributed by atoms with Gasteiger partial charge in [-0.25, -0.2) is 0 Å². The summed E-state index contributed by atoms with van der Waals surface area (Å²) in [6, 6.07) is 14.1. The second-order valence-corrected chi connectivity index (χ2v) is 7.03. The van der Waals surface area contributed by atoms with Crippen LogP contribution >= 0.6 is 0 Å². The van der Waals surface area contributed by atoms with E-state index in [-0.39, 0.29) is 17.9 Å². The van der Waals surface area contributed by atoms with Crippen molar-refractivity contribution >= 4 is 17.8 Å². The van der Waals surface area contributed by atoms with E-state index in [4.69, 9.17) is 4.74 Å². The summed E-state index contributed by atoms with van der Waals surface area (Å²) in [5.74, 6) is -0.262. The van der Waals surface area contributed by atoms with Crippen molar-refractivity contribution in [3.63, 3.8) is 0 Å². The summed E-state index contributed by atoms with van der Waals surface area (Å²) < 4.78 is 5.02. The van der Waals surface area contributed by atoms with E-state index in [1.165, 1.54) is 6.92 Å². The number of nitrogens with zero attached hydrogens (tertiary/aromatic N) is 1. The van der Waals surface area contributed by atoms with Crippen LogP contribution in [0.4, 0.5) is 0 Å². The molecule has 1 aliphatic rings. The third-order valence-corrected chi connectivity index (χ3v) is 4.74.